The Morgan fingerprint density at radius 1 is 1.35 bits per heavy atom. The number of carbonyl (C=O) groups is 1. The number of anilines is 2. The molecule has 2 N–H and O–H groups in total. The average Bonchev–Trinajstić information content (AvgIpc) is 2.53. The monoisotopic (exact) mass is 317 g/mol. The number of nitro groups is 1. The number of nitro benzene ring substituents is 1. The lowest BCUT2D eigenvalue weighted by Gasteiger charge is -2.19. The summed E-state index contributed by atoms with van der Waals surface area (Å²) in [6.45, 7) is -0.118. The Labute approximate surface area is 130 Å². The van der Waals surface area contributed by atoms with E-state index in [2.05, 4.69) is 10.6 Å². The molecule has 0 radical (unpaired) electrons. The van der Waals surface area contributed by atoms with Crippen molar-refractivity contribution in [1.29, 1.82) is 0 Å². The molecule has 1 heterocycles. The molecule has 0 saturated carbocycles. The largest absolute Gasteiger partial charge is 0.481 e. The van der Waals surface area contributed by atoms with Gasteiger partial charge in [-0.2, -0.15) is 0 Å². The van der Waals surface area contributed by atoms with Gasteiger partial charge in [0.1, 0.15) is 11.5 Å². The van der Waals surface area contributed by atoms with Gasteiger partial charge in [0.15, 0.2) is 12.4 Å². The van der Waals surface area contributed by atoms with Crippen LogP contribution in [-0.2, 0) is 11.3 Å². The van der Waals surface area contributed by atoms with Crippen LogP contribution >= 0.6 is 0 Å². The van der Waals surface area contributed by atoms with Gasteiger partial charge in [-0.25, -0.2) is 4.39 Å². The minimum Gasteiger partial charge on any atom is -0.481 e. The van der Waals surface area contributed by atoms with Crippen LogP contribution in [0.1, 0.15) is 5.56 Å². The first kappa shape index (κ1) is 14.8. The fourth-order valence-electron chi connectivity index (χ4n) is 2.24. The molecule has 1 amide bonds. The number of hydrogen-bond donors (Lipinski definition) is 2. The van der Waals surface area contributed by atoms with Gasteiger partial charge in [0, 0.05) is 12.1 Å². The number of carbonyl (C=O) groups excluding carboxylic acids is 1. The van der Waals surface area contributed by atoms with E-state index in [4.69, 9.17) is 4.74 Å². The van der Waals surface area contributed by atoms with Crippen molar-refractivity contribution < 1.29 is 18.8 Å². The van der Waals surface area contributed by atoms with E-state index in [1.165, 1.54) is 18.2 Å². The van der Waals surface area contributed by atoms with Crippen LogP contribution in [0.4, 0.5) is 21.5 Å². The van der Waals surface area contributed by atoms with Crippen LogP contribution in [0.2, 0.25) is 0 Å². The maximum absolute atomic E-state index is 13.6. The van der Waals surface area contributed by atoms with Crippen molar-refractivity contribution in [3.8, 4) is 5.75 Å². The van der Waals surface area contributed by atoms with E-state index in [0.717, 1.165) is 0 Å². The predicted molar refractivity (Wildman–Crippen MR) is 80.9 cm³/mol. The third kappa shape index (κ3) is 3.05. The van der Waals surface area contributed by atoms with Crippen LogP contribution in [-0.4, -0.2) is 17.4 Å². The van der Waals surface area contributed by atoms with E-state index in [9.17, 15) is 19.3 Å². The normalized spacial score (nSPS) is 12.8. The SMILES string of the molecule is O=C1COc2cc([N+](=O)[O-])c(NCc3ccccc3F)cc2N1. The molecule has 8 heteroatoms. The molecular formula is C15H12FN3O4. The van der Waals surface area contributed by atoms with E-state index in [1.807, 2.05) is 0 Å². The highest BCUT2D eigenvalue weighted by atomic mass is 19.1. The van der Waals surface area contributed by atoms with Gasteiger partial charge in [0.2, 0.25) is 0 Å². The maximum Gasteiger partial charge on any atom is 0.296 e. The number of nitrogens with zero attached hydrogens (tertiary/aromatic N) is 1. The Hall–Kier alpha value is -3.16. The third-order valence-electron chi connectivity index (χ3n) is 3.35. The molecule has 3 rings (SSSR count). The summed E-state index contributed by atoms with van der Waals surface area (Å²) in [4.78, 5) is 22.0. The van der Waals surface area contributed by atoms with Crippen molar-refractivity contribution >= 4 is 23.0 Å². The highest BCUT2D eigenvalue weighted by Gasteiger charge is 2.23. The molecular weight excluding hydrogens is 305 g/mol. The van der Waals surface area contributed by atoms with E-state index in [0.29, 0.717) is 11.3 Å². The second-order valence-electron chi connectivity index (χ2n) is 4.90. The van der Waals surface area contributed by atoms with Gasteiger partial charge in [-0.15, -0.1) is 0 Å². The van der Waals surface area contributed by atoms with E-state index in [-0.39, 0.29) is 36.2 Å². The number of hydrogen-bond acceptors (Lipinski definition) is 5. The van der Waals surface area contributed by atoms with Crippen LogP contribution in [0, 0.1) is 15.9 Å². The summed E-state index contributed by atoms with van der Waals surface area (Å²) in [6, 6.07) is 8.77. The molecule has 0 fully saturated rings. The summed E-state index contributed by atoms with van der Waals surface area (Å²) < 4.78 is 18.8. The molecule has 0 spiro atoms. The zero-order valence-electron chi connectivity index (χ0n) is 11.8. The van der Waals surface area contributed by atoms with Crippen LogP contribution in [0.3, 0.4) is 0 Å². The van der Waals surface area contributed by atoms with Crippen molar-refractivity contribution in [2.45, 2.75) is 6.54 Å². The van der Waals surface area contributed by atoms with E-state index >= 15 is 0 Å². The summed E-state index contributed by atoms with van der Waals surface area (Å²) in [6.07, 6.45) is 0. The second kappa shape index (κ2) is 5.91. The molecule has 0 aliphatic carbocycles. The van der Waals surface area contributed by atoms with E-state index < -0.39 is 10.7 Å². The zero-order chi connectivity index (χ0) is 16.4. The third-order valence-corrected chi connectivity index (χ3v) is 3.35. The second-order valence-corrected chi connectivity index (χ2v) is 4.90. The minimum absolute atomic E-state index is 0.0705. The Kier molecular flexibility index (Phi) is 3.80. The number of amides is 1. The summed E-state index contributed by atoms with van der Waals surface area (Å²) >= 11 is 0. The smallest absolute Gasteiger partial charge is 0.296 e. The molecule has 1 aliphatic heterocycles. The van der Waals surface area contributed by atoms with Gasteiger partial charge >= 0.3 is 0 Å². The van der Waals surface area contributed by atoms with Gasteiger partial charge in [0.05, 0.1) is 16.7 Å². The van der Waals surface area contributed by atoms with Crippen molar-refractivity contribution in [1.82, 2.24) is 0 Å². The highest BCUT2D eigenvalue weighted by Crippen LogP contribution is 2.38. The lowest BCUT2D eigenvalue weighted by atomic mass is 10.1. The summed E-state index contributed by atoms with van der Waals surface area (Å²) in [5.74, 6) is -0.517. The number of benzene rings is 2. The average molecular weight is 317 g/mol. The molecule has 0 aromatic heterocycles. The Morgan fingerprint density at radius 3 is 2.87 bits per heavy atom. The van der Waals surface area contributed by atoms with Gasteiger partial charge in [-0.05, 0) is 12.1 Å². The summed E-state index contributed by atoms with van der Waals surface area (Å²) in [5, 5.41) is 16.6. The molecule has 0 unspecified atom stereocenters. The van der Waals surface area contributed by atoms with E-state index in [1.54, 1.807) is 18.2 Å². The molecule has 2 aromatic carbocycles. The van der Waals surface area contributed by atoms with Crippen molar-refractivity contribution in [2.75, 3.05) is 17.2 Å². The Balaban J connectivity index is 1.91. The van der Waals surface area contributed by atoms with Crippen LogP contribution in [0.25, 0.3) is 0 Å². The van der Waals surface area contributed by atoms with Gasteiger partial charge in [-0.1, -0.05) is 18.2 Å². The summed E-state index contributed by atoms with van der Waals surface area (Å²) in [5.41, 5.74) is 0.668. The highest BCUT2D eigenvalue weighted by molar-refractivity contribution is 5.96. The molecule has 1 aliphatic rings. The molecule has 0 saturated heterocycles. The zero-order valence-corrected chi connectivity index (χ0v) is 11.8. The van der Waals surface area contributed by atoms with Gasteiger partial charge in [0.25, 0.3) is 11.6 Å². The first-order valence-corrected chi connectivity index (χ1v) is 6.77. The standard InChI is InChI=1S/C15H12FN3O4/c16-10-4-2-1-3-9(10)7-17-11-5-12-14(6-13(11)19(21)22)23-8-15(20)18-12/h1-6,17H,7-8H2,(H,18,20). The van der Waals surface area contributed by atoms with Crippen molar-refractivity contribution in [2.24, 2.45) is 0 Å². The number of ether oxygens (including phenoxy) is 1. The first-order valence-electron chi connectivity index (χ1n) is 6.77. The number of halogens is 1. The van der Waals surface area contributed by atoms with Crippen LogP contribution in [0.5, 0.6) is 5.75 Å². The Morgan fingerprint density at radius 2 is 2.13 bits per heavy atom. The fraction of sp³-hybridized carbons (Fsp3) is 0.133. The van der Waals surface area contributed by atoms with Crippen molar-refractivity contribution in [3.05, 3.63) is 57.9 Å². The number of nitrogens with one attached hydrogen (secondary N) is 2. The lowest BCUT2D eigenvalue weighted by molar-refractivity contribution is -0.384. The number of fused-ring (bicyclic) bond motifs is 1. The lowest BCUT2D eigenvalue weighted by Crippen LogP contribution is -2.25. The molecule has 23 heavy (non-hydrogen) atoms. The molecule has 0 bridgehead atoms. The first-order chi connectivity index (χ1) is 11.0. The summed E-state index contributed by atoms with van der Waals surface area (Å²) in [7, 11) is 0. The predicted octanol–water partition coefficient (Wildman–Crippen LogP) is 2.68. The molecule has 2 aromatic rings. The van der Waals surface area contributed by atoms with Gasteiger partial charge in [-0.3, -0.25) is 14.9 Å². The van der Waals surface area contributed by atoms with Crippen molar-refractivity contribution in [3.63, 3.8) is 0 Å². The van der Waals surface area contributed by atoms with Crippen LogP contribution in [0.15, 0.2) is 36.4 Å². The number of rotatable bonds is 4. The maximum atomic E-state index is 13.6. The fourth-order valence-corrected chi connectivity index (χ4v) is 2.24. The Bertz CT molecular complexity index is 794. The molecule has 118 valence electrons. The minimum atomic E-state index is -0.566. The quantitative estimate of drug-likeness (QED) is 0.668. The molecule has 7 nitrogen and oxygen atoms in total. The molecule has 0 atom stereocenters. The topological polar surface area (TPSA) is 93.5 Å². The van der Waals surface area contributed by atoms with Crippen LogP contribution < -0.4 is 15.4 Å². The van der Waals surface area contributed by atoms with Gasteiger partial charge < -0.3 is 15.4 Å².